The quantitative estimate of drug-likeness (QED) is 0.604. The summed E-state index contributed by atoms with van der Waals surface area (Å²) in [6.45, 7) is 0.598. The maximum Gasteiger partial charge on any atom is 0.260 e. The molecule has 0 aliphatic carbocycles. The third-order valence-corrected chi connectivity index (χ3v) is 3.60. The highest BCUT2D eigenvalue weighted by atomic mass is 16.5. The fourth-order valence-electron chi connectivity index (χ4n) is 2.40. The number of hydrogen-bond acceptors (Lipinski definition) is 5. The highest BCUT2D eigenvalue weighted by molar-refractivity contribution is 6.03. The van der Waals surface area contributed by atoms with Gasteiger partial charge in [0.1, 0.15) is 0 Å². The van der Waals surface area contributed by atoms with Crippen molar-refractivity contribution in [3.63, 3.8) is 0 Å². The van der Waals surface area contributed by atoms with Crippen LogP contribution in [0, 0.1) is 0 Å². The number of hydrogen-bond donors (Lipinski definition) is 1. The minimum absolute atomic E-state index is 0.307. The van der Waals surface area contributed by atoms with E-state index in [9.17, 15) is 4.79 Å². The van der Waals surface area contributed by atoms with Crippen molar-refractivity contribution in [3.8, 4) is 11.5 Å². The third kappa shape index (κ3) is 3.35. The van der Waals surface area contributed by atoms with Gasteiger partial charge in [-0.15, -0.1) is 0 Å². The average molecular weight is 334 g/mol. The van der Waals surface area contributed by atoms with Crippen molar-refractivity contribution in [1.29, 1.82) is 0 Å². The third-order valence-electron chi connectivity index (χ3n) is 3.60. The Labute approximate surface area is 142 Å². The van der Waals surface area contributed by atoms with Crippen molar-refractivity contribution in [3.05, 3.63) is 78.3 Å². The summed E-state index contributed by atoms with van der Waals surface area (Å²) >= 11 is 0. The van der Waals surface area contributed by atoms with Gasteiger partial charge in [0.15, 0.2) is 11.6 Å². The van der Waals surface area contributed by atoms with Crippen molar-refractivity contribution in [2.45, 2.75) is 6.54 Å². The molecule has 0 unspecified atom stereocenters. The Morgan fingerprint density at radius 1 is 1.12 bits per heavy atom. The van der Waals surface area contributed by atoms with Gasteiger partial charge in [-0.3, -0.25) is 9.48 Å². The van der Waals surface area contributed by atoms with Crippen LogP contribution in [0.4, 0.5) is 5.82 Å². The Bertz CT molecular complexity index is 971. The van der Waals surface area contributed by atoms with Crippen LogP contribution in [0.1, 0.15) is 15.9 Å². The smallest absolute Gasteiger partial charge is 0.260 e. The molecule has 1 N–H and O–H groups in total. The van der Waals surface area contributed by atoms with Gasteiger partial charge >= 0.3 is 0 Å². The van der Waals surface area contributed by atoms with Crippen molar-refractivity contribution in [1.82, 2.24) is 14.9 Å². The summed E-state index contributed by atoms with van der Waals surface area (Å²) in [5.74, 6) is 0.995. The minimum atomic E-state index is -0.307. The van der Waals surface area contributed by atoms with E-state index in [2.05, 4.69) is 15.6 Å². The molecule has 25 heavy (non-hydrogen) atoms. The lowest BCUT2D eigenvalue weighted by Gasteiger charge is -2.00. The molecule has 0 saturated carbocycles. The molecule has 0 bridgehead atoms. The highest BCUT2D eigenvalue weighted by Gasteiger charge is 2.14. The van der Waals surface area contributed by atoms with Crippen LogP contribution < -0.4 is 5.32 Å². The van der Waals surface area contributed by atoms with Crippen molar-refractivity contribution in [2.24, 2.45) is 0 Å². The lowest BCUT2D eigenvalue weighted by Crippen LogP contribution is -2.11. The maximum atomic E-state index is 12.3. The zero-order valence-corrected chi connectivity index (χ0v) is 13.1. The van der Waals surface area contributed by atoms with Gasteiger partial charge in [0, 0.05) is 12.3 Å². The van der Waals surface area contributed by atoms with Gasteiger partial charge in [-0.25, -0.2) is 0 Å². The van der Waals surface area contributed by atoms with Crippen LogP contribution in [0.2, 0.25) is 0 Å². The first-order valence-electron chi connectivity index (χ1n) is 7.66. The van der Waals surface area contributed by atoms with E-state index in [1.54, 1.807) is 29.1 Å². The number of nitrogens with zero attached hydrogens (tertiary/aromatic N) is 3. The zero-order chi connectivity index (χ0) is 17.1. The Balaban J connectivity index is 1.43. The second-order valence-corrected chi connectivity index (χ2v) is 5.42. The average Bonchev–Trinajstić information content (AvgIpc) is 3.37. The number of carbonyl (C=O) groups is 1. The maximum absolute atomic E-state index is 12.3. The molecule has 0 fully saturated rings. The van der Waals surface area contributed by atoms with E-state index >= 15 is 0 Å². The van der Waals surface area contributed by atoms with Crippen molar-refractivity contribution >= 4 is 11.7 Å². The molecule has 7 heteroatoms. The van der Waals surface area contributed by atoms with E-state index in [-0.39, 0.29) is 5.91 Å². The number of anilines is 1. The first kappa shape index (κ1) is 14.9. The number of nitrogens with one attached hydrogen (secondary N) is 1. The van der Waals surface area contributed by atoms with Crippen LogP contribution in [0.25, 0.3) is 11.5 Å². The van der Waals surface area contributed by atoms with Crippen LogP contribution in [-0.2, 0) is 6.54 Å². The number of benzene rings is 1. The molecule has 4 rings (SSSR count). The predicted octanol–water partition coefficient (Wildman–Crippen LogP) is 3.43. The standard InChI is InChI=1S/C18H14N4O3/c23-18(20-17-9-16(25-21-17)15-7-4-8-24-15)14-10-19-22(12-14)11-13-5-2-1-3-6-13/h1-10,12H,11H2,(H,20,21,23). The molecule has 0 aliphatic rings. The first-order chi connectivity index (χ1) is 12.3. The molecule has 7 nitrogen and oxygen atoms in total. The molecule has 0 atom stereocenters. The molecule has 1 aromatic carbocycles. The van der Waals surface area contributed by atoms with Gasteiger partial charge in [0.2, 0.25) is 5.76 Å². The molecule has 124 valence electrons. The minimum Gasteiger partial charge on any atom is -0.461 e. The van der Waals surface area contributed by atoms with E-state index in [4.69, 9.17) is 8.94 Å². The number of aromatic nitrogens is 3. The van der Waals surface area contributed by atoms with Crippen molar-refractivity contribution in [2.75, 3.05) is 5.32 Å². The topological polar surface area (TPSA) is 86.1 Å². The molecule has 0 spiro atoms. The molecule has 1 amide bonds. The summed E-state index contributed by atoms with van der Waals surface area (Å²) in [7, 11) is 0. The summed E-state index contributed by atoms with van der Waals surface area (Å²) in [5.41, 5.74) is 1.55. The molecule has 3 heterocycles. The Hall–Kier alpha value is -3.61. The second-order valence-electron chi connectivity index (χ2n) is 5.42. The van der Waals surface area contributed by atoms with Gasteiger partial charge in [0.25, 0.3) is 5.91 Å². The summed E-state index contributed by atoms with van der Waals surface area (Å²) < 4.78 is 12.1. The van der Waals surface area contributed by atoms with Gasteiger partial charge in [-0.1, -0.05) is 35.5 Å². The van der Waals surface area contributed by atoms with Crippen molar-refractivity contribution < 1.29 is 13.7 Å². The van der Waals surface area contributed by atoms with Crippen LogP contribution in [0.3, 0.4) is 0 Å². The van der Waals surface area contributed by atoms with E-state index in [1.165, 1.54) is 12.5 Å². The summed E-state index contributed by atoms with van der Waals surface area (Å²) in [4.78, 5) is 12.3. The predicted molar refractivity (Wildman–Crippen MR) is 89.9 cm³/mol. The number of carbonyl (C=O) groups excluding carboxylic acids is 1. The largest absolute Gasteiger partial charge is 0.461 e. The Morgan fingerprint density at radius 2 is 2.00 bits per heavy atom. The summed E-state index contributed by atoms with van der Waals surface area (Å²) in [5, 5.41) is 10.7. The monoisotopic (exact) mass is 334 g/mol. The van der Waals surface area contributed by atoms with E-state index in [1.807, 2.05) is 30.3 Å². The van der Waals surface area contributed by atoms with Gasteiger partial charge < -0.3 is 14.3 Å². The Morgan fingerprint density at radius 3 is 2.80 bits per heavy atom. The molecule has 0 saturated heterocycles. The molecule has 0 aliphatic heterocycles. The molecular weight excluding hydrogens is 320 g/mol. The lowest BCUT2D eigenvalue weighted by molar-refractivity contribution is 0.102. The fourth-order valence-corrected chi connectivity index (χ4v) is 2.40. The second kappa shape index (κ2) is 6.48. The number of furan rings is 1. The first-order valence-corrected chi connectivity index (χ1v) is 7.66. The van der Waals surface area contributed by atoms with Gasteiger partial charge in [-0.05, 0) is 17.7 Å². The van der Waals surface area contributed by atoms with E-state index in [0.29, 0.717) is 29.4 Å². The normalized spacial score (nSPS) is 10.7. The van der Waals surface area contributed by atoms with Gasteiger partial charge in [0.05, 0.1) is 24.6 Å². The van der Waals surface area contributed by atoms with E-state index in [0.717, 1.165) is 5.56 Å². The van der Waals surface area contributed by atoms with E-state index < -0.39 is 0 Å². The molecule has 4 aromatic rings. The lowest BCUT2D eigenvalue weighted by atomic mass is 10.2. The van der Waals surface area contributed by atoms with Crippen LogP contribution in [-0.4, -0.2) is 20.8 Å². The molecule has 0 radical (unpaired) electrons. The van der Waals surface area contributed by atoms with Gasteiger partial charge in [-0.2, -0.15) is 5.10 Å². The van der Waals surface area contributed by atoms with Crippen LogP contribution in [0.5, 0.6) is 0 Å². The molecular formula is C18H14N4O3. The highest BCUT2D eigenvalue weighted by Crippen LogP contribution is 2.22. The fraction of sp³-hybridized carbons (Fsp3) is 0.0556. The number of amides is 1. The number of rotatable bonds is 5. The zero-order valence-electron chi connectivity index (χ0n) is 13.1. The summed E-state index contributed by atoms with van der Waals surface area (Å²) in [6.07, 6.45) is 4.75. The summed E-state index contributed by atoms with van der Waals surface area (Å²) in [6, 6.07) is 15.0. The molecule has 3 aromatic heterocycles. The van der Waals surface area contributed by atoms with Crippen LogP contribution in [0.15, 0.2) is 76.1 Å². The van der Waals surface area contributed by atoms with Crippen LogP contribution >= 0.6 is 0 Å². The SMILES string of the molecule is O=C(Nc1cc(-c2ccco2)on1)c1cnn(Cc2ccccc2)c1. The Kier molecular flexibility index (Phi) is 3.88.